The van der Waals surface area contributed by atoms with E-state index in [4.69, 9.17) is 14.2 Å². The third-order valence-electron chi connectivity index (χ3n) is 5.83. The summed E-state index contributed by atoms with van der Waals surface area (Å²) in [6.45, 7) is 5.29. The molecule has 0 spiro atoms. The molecule has 0 N–H and O–H groups in total. The van der Waals surface area contributed by atoms with Gasteiger partial charge < -0.3 is 14.2 Å². The molecule has 2 atom stereocenters. The van der Waals surface area contributed by atoms with E-state index < -0.39 is 0 Å². The van der Waals surface area contributed by atoms with Gasteiger partial charge in [-0.05, 0) is 49.9 Å². The minimum atomic E-state index is -0.193. The Hall–Kier alpha value is -2.49. The number of hydrogen-bond donors (Lipinski definition) is 0. The van der Waals surface area contributed by atoms with Crippen molar-refractivity contribution in [1.82, 2.24) is 0 Å². The first kappa shape index (κ1) is 23.2. The van der Waals surface area contributed by atoms with Crippen molar-refractivity contribution < 1.29 is 19.0 Å². The minimum absolute atomic E-state index is 0.0119. The van der Waals surface area contributed by atoms with Gasteiger partial charge in [0.2, 0.25) is 0 Å². The number of unbranched alkanes of at least 4 members (excludes halogenated alkanes) is 5. The molecule has 4 heteroatoms. The molecule has 1 heterocycles. The van der Waals surface area contributed by atoms with Crippen molar-refractivity contribution in [1.29, 1.82) is 0 Å². The Morgan fingerprint density at radius 2 is 1.65 bits per heavy atom. The molecule has 1 aliphatic heterocycles. The fraction of sp³-hybridized carbons (Fsp3) is 0.519. The highest BCUT2D eigenvalue weighted by Gasteiger charge is 2.28. The van der Waals surface area contributed by atoms with Crippen LogP contribution in [0.4, 0.5) is 0 Å². The van der Waals surface area contributed by atoms with Crippen molar-refractivity contribution in [3.05, 3.63) is 48.5 Å². The molecule has 0 aromatic heterocycles. The Morgan fingerprint density at radius 3 is 2.42 bits per heavy atom. The van der Waals surface area contributed by atoms with Crippen molar-refractivity contribution in [2.45, 2.75) is 71.3 Å². The summed E-state index contributed by atoms with van der Waals surface area (Å²) in [6, 6.07) is 16.1. The predicted octanol–water partition coefficient (Wildman–Crippen LogP) is 6.81. The average Bonchev–Trinajstić information content (AvgIpc) is 2.79. The van der Waals surface area contributed by atoms with Gasteiger partial charge in [0.1, 0.15) is 18.1 Å². The smallest absolute Gasteiger partial charge is 0.312 e. The van der Waals surface area contributed by atoms with Crippen molar-refractivity contribution >= 4 is 5.97 Å². The number of carbonyl (C=O) groups is 1. The van der Waals surface area contributed by atoms with Crippen LogP contribution >= 0.6 is 0 Å². The van der Waals surface area contributed by atoms with Crippen LogP contribution in [0.25, 0.3) is 11.1 Å². The highest BCUT2D eigenvalue weighted by molar-refractivity contribution is 5.74. The van der Waals surface area contributed by atoms with Gasteiger partial charge in [-0.3, -0.25) is 4.79 Å². The average molecular weight is 425 g/mol. The summed E-state index contributed by atoms with van der Waals surface area (Å²) in [6.07, 6.45) is 9.28. The molecule has 1 unspecified atom stereocenters. The highest BCUT2D eigenvalue weighted by atomic mass is 16.5. The Morgan fingerprint density at radius 1 is 0.903 bits per heavy atom. The van der Waals surface area contributed by atoms with Crippen LogP contribution in [-0.4, -0.2) is 25.3 Å². The SMILES string of the molecule is CCCCCCCCOc1ccc(-c2ccccc2OCC2CC[C@@H](C)OC2=O)cc1. The lowest BCUT2D eigenvalue weighted by Gasteiger charge is -2.26. The first-order valence-corrected chi connectivity index (χ1v) is 11.8. The minimum Gasteiger partial charge on any atom is -0.494 e. The number of rotatable bonds is 12. The summed E-state index contributed by atoms with van der Waals surface area (Å²) >= 11 is 0. The third kappa shape index (κ3) is 7.30. The first-order chi connectivity index (χ1) is 15.2. The standard InChI is InChI=1S/C27H36O4/c1-3-4-5-6-7-10-19-29-24-17-15-22(16-18-24)25-11-8-9-12-26(25)30-20-23-14-13-21(2)31-27(23)28/h8-9,11-12,15-18,21,23H,3-7,10,13-14,19-20H2,1-2H3/t21-,23?/m1/s1. The van der Waals surface area contributed by atoms with Crippen LogP contribution in [0.1, 0.15) is 65.2 Å². The Kier molecular flexibility index (Phi) is 9.26. The molecule has 0 aliphatic carbocycles. The van der Waals surface area contributed by atoms with Crippen LogP contribution in [0.3, 0.4) is 0 Å². The second-order valence-corrected chi connectivity index (χ2v) is 8.47. The van der Waals surface area contributed by atoms with Gasteiger partial charge in [0.15, 0.2) is 0 Å². The number of para-hydroxylation sites is 1. The Labute approximate surface area is 186 Å². The quantitative estimate of drug-likeness (QED) is 0.277. The first-order valence-electron chi connectivity index (χ1n) is 11.8. The molecule has 1 aliphatic rings. The van der Waals surface area contributed by atoms with E-state index in [1.807, 2.05) is 43.3 Å². The van der Waals surface area contributed by atoms with Gasteiger partial charge in [-0.15, -0.1) is 0 Å². The van der Waals surface area contributed by atoms with Crippen LogP contribution in [0.2, 0.25) is 0 Å². The Balaban J connectivity index is 1.51. The van der Waals surface area contributed by atoms with Crippen LogP contribution in [-0.2, 0) is 9.53 Å². The summed E-state index contributed by atoms with van der Waals surface area (Å²) < 4.78 is 17.3. The lowest BCUT2D eigenvalue weighted by Crippen LogP contribution is -2.32. The summed E-state index contributed by atoms with van der Waals surface area (Å²) in [4.78, 5) is 12.1. The number of carbonyl (C=O) groups excluding carboxylic acids is 1. The molecule has 0 radical (unpaired) electrons. The van der Waals surface area contributed by atoms with E-state index in [2.05, 4.69) is 19.1 Å². The van der Waals surface area contributed by atoms with Gasteiger partial charge in [0, 0.05) is 5.56 Å². The molecule has 0 saturated carbocycles. The van der Waals surface area contributed by atoms with Crippen LogP contribution in [0, 0.1) is 5.92 Å². The number of esters is 1. The molecule has 1 saturated heterocycles. The molecular formula is C27H36O4. The molecule has 0 amide bonds. The second kappa shape index (κ2) is 12.4. The lowest BCUT2D eigenvalue weighted by molar-refractivity contribution is -0.160. The molecule has 1 fully saturated rings. The maximum Gasteiger partial charge on any atom is 0.312 e. The summed E-state index contributed by atoms with van der Waals surface area (Å²) in [5, 5.41) is 0. The van der Waals surface area contributed by atoms with E-state index in [1.54, 1.807) is 0 Å². The zero-order valence-corrected chi connectivity index (χ0v) is 19.0. The highest BCUT2D eigenvalue weighted by Crippen LogP contribution is 2.32. The van der Waals surface area contributed by atoms with Gasteiger partial charge in [-0.1, -0.05) is 69.4 Å². The second-order valence-electron chi connectivity index (χ2n) is 8.47. The van der Waals surface area contributed by atoms with E-state index in [0.29, 0.717) is 6.61 Å². The number of ether oxygens (including phenoxy) is 3. The normalized spacial score (nSPS) is 18.5. The molecule has 3 rings (SSSR count). The zero-order valence-electron chi connectivity index (χ0n) is 19.0. The van der Waals surface area contributed by atoms with E-state index in [0.717, 1.165) is 48.5 Å². The topological polar surface area (TPSA) is 44.8 Å². The van der Waals surface area contributed by atoms with Crippen molar-refractivity contribution in [3.63, 3.8) is 0 Å². The van der Waals surface area contributed by atoms with Crippen LogP contribution in [0.15, 0.2) is 48.5 Å². The summed E-state index contributed by atoms with van der Waals surface area (Å²) in [7, 11) is 0. The molecule has 4 nitrogen and oxygen atoms in total. The Bertz CT molecular complexity index is 799. The number of benzene rings is 2. The van der Waals surface area contributed by atoms with Gasteiger partial charge in [0.25, 0.3) is 0 Å². The van der Waals surface area contributed by atoms with Crippen molar-refractivity contribution in [3.8, 4) is 22.6 Å². The molecule has 2 aromatic rings. The fourth-order valence-corrected chi connectivity index (χ4v) is 3.88. The van der Waals surface area contributed by atoms with E-state index in [1.165, 1.54) is 32.1 Å². The molecule has 168 valence electrons. The largest absolute Gasteiger partial charge is 0.494 e. The maximum absolute atomic E-state index is 12.1. The lowest BCUT2D eigenvalue weighted by atomic mass is 9.99. The molecule has 0 bridgehead atoms. The predicted molar refractivity (Wildman–Crippen MR) is 125 cm³/mol. The molecule has 2 aromatic carbocycles. The van der Waals surface area contributed by atoms with E-state index in [-0.39, 0.29) is 18.0 Å². The number of hydrogen-bond acceptors (Lipinski definition) is 4. The van der Waals surface area contributed by atoms with E-state index >= 15 is 0 Å². The van der Waals surface area contributed by atoms with Gasteiger partial charge in [-0.25, -0.2) is 0 Å². The summed E-state index contributed by atoms with van der Waals surface area (Å²) in [5.41, 5.74) is 2.09. The van der Waals surface area contributed by atoms with Crippen molar-refractivity contribution in [2.75, 3.05) is 13.2 Å². The van der Waals surface area contributed by atoms with Gasteiger partial charge in [0.05, 0.1) is 18.6 Å². The zero-order chi connectivity index (χ0) is 21.9. The maximum atomic E-state index is 12.1. The third-order valence-corrected chi connectivity index (χ3v) is 5.83. The number of cyclic esters (lactones) is 1. The van der Waals surface area contributed by atoms with Gasteiger partial charge >= 0.3 is 5.97 Å². The fourth-order valence-electron chi connectivity index (χ4n) is 3.88. The van der Waals surface area contributed by atoms with Gasteiger partial charge in [-0.2, -0.15) is 0 Å². The monoisotopic (exact) mass is 424 g/mol. The van der Waals surface area contributed by atoms with Crippen LogP contribution < -0.4 is 9.47 Å². The molecule has 31 heavy (non-hydrogen) atoms. The van der Waals surface area contributed by atoms with Crippen LogP contribution in [0.5, 0.6) is 11.5 Å². The van der Waals surface area contributed by atoms with Crippen molar-refractivity contribution in [2.24, 2.45) is 5.92 Å². The van der Waals surface area contributed by atoms with E-state index in [9.17, 15) is 4.79 Å². The molecular weight excluding hydrogens is 388 g/mol. The summed E-state index contributed by atoms with van der Waals surface area (Å²) in [5.74, 6) is 1.34.